The molecule has 0 aliphatic rings. The summed E-state index contributed by atoms with van der Waals surface area (Å²) in [6.45, 7) is 10.1. The van der Waals surface area contributed by atoms with E-state index < -0.39 is 12.1 Å². The molecule has 0 saturated carbocycles. The summed E-state index contributed by atoms with van der Waals surface area (Å²) in [5.74, 6) is -0.938. The lowest BCUT2D eigenvalue weighted by Crippen LogP contribution is -2.52. The smallest absolute Gasteiger partial charge is 0.302 e. The van der Waals surface area contributed by atoms with E-state index in [9.17, 15) is 14.4 Å². The van der Waals surface area contributed by atoms with Crippen LogP contribution in [0.4, 0.5) is 5.69 Å². The summed E-state index contributed by atoms with van der Waals surface area (Å²) >= 11 is 0. The van der Waals surface area contributed by atoms with E-state index in [4.69, 9.17) is 4.74 Å². The van der Waals surface area contributed by atoms with Crippen LogP contribution in [0.1, 0.15) is 45.9 Å². The number of rotatable bonds is 11. The Bertz CT molecular complexity index is 909. The molecule has 2 rings (SSSR count). The van der Waals surface area contributed by atoms with E-state index in [2.05, 4.69) is 26.3 Å². The van der Waals surface area contributed by atoms with E-state index in [0.29, 0.717) is 12.2 Å². The van der Waals surface area contributed by atoms with Crippen LogP contribution in [0.2, 0.25) is 0 Å². The predicted octanol–water partition coefficient (Wildman–Crippen LogP) is 1.62. The van der Waals surface area contributed by atoms with E-state index in [1.54, 1.807) is 35.9 Å². The number of benzene rings is 1. The van der Waals surface area contributed by atoms with E-state index in [0.717, 1.165) is 17.8 Å². The van der Waals surface area contributed by atoms with Crippen molar-refractivity contribution in [3.63, 3.8) is 0 Å². The molecule has 2 aromatic rings. The number of carbonyl (C=O) groups is 3. The van der Waals surface area contributed by atoms with Gasteiger partial charge in [-0.05, 0) is 37.5 Å². The van der Waals surface area contributed by atoms with Crippen LogP contribution >= 0.6 is 0 Å². The average Bonchev–Trinajstić information content (AvgIpc) is 3.21. The van der Waals surface area contributed by atoms with Crippen LogP contribution in [0, 0.1) is 5.92 Å². The molecular weight excluding hydrogens is 412 g/mol. The van der Waals surface area contributed by atoms with Crippen LogP contribution in [0.5, 0.6) is 0 Å². The number of hydrogen-bond donors (Lipinski definition) is 3. The molecule has 0 fully saturated rings. The van der Waals surface area contributed by atoms with Gasteiger partial charge in [-0.3, -0.25) is 24.4 Å². The van der Waals surface area contributed by atoms with E-state index >= 15 is 0 Å². The Labute approximate surface area is 188 Å². The Morgan fingerprint density at radius 1 is 1.09 bits per heavy atom. The van der Waals surface area contributed by atoms with Crippen molar-refractivity contribution in [3.8, 4) is 0 Å². The highest BCUT2D eigenvalue weighted by molar-refractivity contribution is 5.97. The first-order valence-corrected chi connectivity index (χ1v) is 10.7. The predicted molar refractivity (Wildman–Crippen MR) is 119 cm³/mol. The van der Waals surface area contributed by atoms with Crippen LogP contribution < -0.4 is 16.0 Å². The first kappa shape index (κ1) is 25.0. The largest absolute Gasteiger partial charge is 0.461 e. The van der Waals surface area contributed by atoms with Crippen molar-refractivity contribution in [1.82, 2.24) is 25.6 Å². The number of carbonyl (C=O) groups excluding carboxylic acids is 3. The maximum absolute atomic E-state index is 12.8. The SMILES string of the molecule is CCn1cc(CN[C@H](C(=O)N[C@@H](C)C(=O)Nc2ccc(COC(C)=O)cc2)C(C)C)nn1. The average molecular weight is 445 g/mol. The fourth-order valence-corrected chi connectivity index (χ4v) is 2.91. The molecule has 0 radical (unpaired) electrons. The van der Waals surface area contributed by atoms with Gasteiger partial charge in [0.25, 0.3) is 0 Å². The molecular formula is C22H32N6O4. The van der Waals surface area contributed by atoms with E-state index in [1.807, 2.05) is 27.0 Å². The van der Waals surface area contributed by atoms with Crippen molar-refractivity contribution in [2.45, 2.75) is 66.4 Å². The van der Waals surface area contributed by atoms with Crippen molar-refractivity contribution < 1.29 is 19.1 Å². The molecule has 0 saturated heterocycles. The molecule has 10 heteroatoms. The zero-order chi connectivity index (χ0) is 23.7. The monoisotopic (exact) mass is 444 g/mol. The highest BCUT2D eigenvalue weighted by Crippen LogP contribution is 2.11. The maximum Gasteiger partial charge on any atom is 0.302 e. The van der Waals surface area contributed by atoms with Gasteiger partial charge in [0.2, 0.25) is 11.8 Å². The molecule has 1 aromatic carbocycles. The van der Waals surface area contributed by atoms with Crippen LogP contribution in [-0.2, 0) is 38.8 Å². The quantitative estimate of drug-likeness (QED) is 0.449. The second kappa shape index (κ2) is 11.9. The lowest BCUT2D eigenvalue weighted by Gasteiger charge is -2.23. The molecule has 32 heavy (non-hydrogen) atoms. The van der Waals surface area contributed by atoms with Gasteiger partial charge in [0, 0.05) is 31.9 Å². The molecule has 0 aliphatic heterocycles. The lowest BCUT2D eigenvalue weighted by atomic mass is 10.0. The van der Waals surface area contributed by atoms with Gasteiger partial charge in [-0.25, -0.2) is 0 Å². The molecule has 2 atom stereocenters. The van der Waals surface area contributed by atoms with Crippen LogP contribution in [-0.4, -0.2) is 44.9 Å². The third-order valence-electron chi connectivity index (χ3n) is 4.78. The van der Waals surface area contributed by atoms with Crippen molar-refractivity contribution in [2.24, 2.45) is 5.92 Å². The fourth-order valence-electron chi connectivity index (χ4n) is 2.91. The first-order valence-electron chi connectivity index (χ1n) is 10.7. The summed E-state index contributed by atoms with van der Waals surface area (Å²) in [5, 5.41) is 16.8. The van der Waals surface area contributed by atoms with Gasteiger partial charge >= 0.3 is 5.97 Å². The van der Waals surface area contributed by atoms with Crippen molar-refractivity contribution in [3.05, 3.63) is 41.7 Å². The number of aromatic nitrogens is 3. The third-order valence-corrected chi connectivity index (χ3v) is 4.78. The Balaban J connectivity index is 1.87. The summed E-state index contributed by atoms with van der Waals surface area (Å²) in [7, 11) is 0. The molecule has 0 bridgehead atoms. The second-order valence-electron chi connectivity index (χ2n) is 7.86. The second-order valence-corrected chi connectivity index (χ2v) is 7.86. The molecule has 0 aliphatic carbocycles. The Hall–Kier alpha value is -3.27. The summed E-state index contributed by atoms with van der Waals surface area (Å²) in [5.41, 5.74) is 2.14. The number of nitrogens with zero attached hydrogens (tertiary/aromatic N) is 3. The zero-order valence-corrected chi connectivity index (χ0v) is 19.2. The minimum absolute atomic E-state index is 0.0104. The van der Waals surface area contributed by atoms with Crippen LogP contribution in [0.25, 0.3) is 0 Å². The van der Waals surface area contributed by atoms with Gasteiger partial charge in [0.1, 0.15) is 12.6 Å². The zero-order valence-electron chi connectivity index (χ0n) is 19.2. The maximum atomic E-state index is 12.8. The highest BCUT2D eigenvalue weighted by atomic mass is 16.5. The van der Waals surface area contributed by atoms with Crippen molar-refractivity contribution in [2.75, 3.05) is 5.32 Å². The highest BCUT2D eigenvalue weighted by Gasteiger charge is 2.25. The summed E-state index contributed by atoms with van der Waals surface area (Å²) < 4.78 is 6.66. The minimum Gasteiger partial charge on any atom is -0.461 e. The minimum atomic E-state index is -0.729. The lowest BCUT2D eigenvalue weighted by molar-refractivity contribution is -0.142. The van der Waals surface area contributed by atoms with Crippen molar-refractivity contribution >= 4 is 23.5 Å². The van der Waals surface area contributed by atoms with Gasteiger partial charge < -0.3 is 15.4 Å². The molecule has 174 valence electrons. The molecule has 1 aromatic heterocycles. The number of hydrogen-bond acceptors (Lipinski definition) is 7. The first-order chi connectivity index (χ1) is 15.2. The summed E-state index contributed by atoms with van der Waals surface area (Å²) in [6, 6.07) is 5.73. The number of anilines is 1. The van der Waals surface area contributed by atoms with Gasteiger partial charge in [0.05, 0.1) is 11.7 Å². The Morgan fingerprint density at radius 3 is 2.34 bits per heavy atom. The number of aryl methyl sites for hydroxylation is 1. The topological polar surface area (TPSA) is 127 Å². The number of ether oxygens (including phenoxy) is 1. The Morgan fingerprint density at radius 2 is 1.78 bits per heavy atom. The molecule has 0 unspecified atom stereocenters. The van der Waals surface area contributed by atoms with Gasteiger partial charge in [-0.2, -0.15) is 0 Å². The van der Waals surface area contributed by atoms with E-state index in [-0.39, 0.29) is 30.3 Å². The normalized spacial score (nSPS) is 12.8. The molecule has 10 nitrogen and oxygen atoms in total. The molecule has 2 amide bonds. The van der Waals surface area contributed by atoms with E-state index in [1.165, 1.54) is 6.92 Å². The summed E-state index contributed by atoms with van der Waals surface area (Å²) in [6.07, 6.45) is 1.83. The van der Waals surface area contributed by atoms with Crippen molar-refractivity contribution in [1.29, 1.82) is 0 Å². The molecule has 1 heterocycles. The summed E-state index contributed by atoms with van der Waals surface area (Å²) in [4.78, 5) is 36.2. The Kier molecular flexibility index (Phi) is 9.33. The number of amides is 2. The third kappa shape index (κ3) is 7.77. The number of nitrogens with one attached hydrogen (secondary N) is 3. The van der Waals surface area contributed by atoms with Gasteiger partial charge in [-0.15, -0.1) is 5.10 Å². The van der Waals surface area contributed by atoms with Crippen LogP contribution in [0.15, 0.2) is 30.5 Å². The van der Waals surface area contributed by atoms with Crippen LogP contribution in [0.3, 0.4) is 0 Å². The molecule has 3 N–H and O–H groups in total. The molecule has 0 spiro atoms. The van der Waals surface area contributed by atoms with Gasteiger partial charge in [-0.1, -0.05) is 31.2 Å². The fraction of sp³-hybridized carbons (Fsp3) is 0.500. The standard InChI is InChI=1S/C22H32N6O4/c1-6-28-12-19(26-27-28)11-23-20(14(2)3)22(31)24-15(4)21(30)25-18-9-7-17(8-10-18)13-32-16(5)29/h7-10,12,14-15,20,23H,6,11,13H2,1-5H3,(H,24,31)(H,25,30)/t15-,20-/m0/s1. The number of esters is 1. The van der Waals surface area contributed by atoms with Gasteiger partial charge in [0.15, 0.2) is 0 Å².